The Morgan fingerprint density at radius 2 is 1.53 bits per heavy atom. The Morgan fingerprint density at radius 3 is 1.87 bits per heavy atom. The minimum atomic E-state index is -1.31. The van der Waals surface area contributed by atoms with Crippen molar-refractivity contribution in [3.8, 4) is 0 Å². The van der Waals surface area contributed by atoms with Crippen LogP contribution in [0.25, 0.3) is 0 Å². The Bertz CT molecular complexity index is 303. The number of hydrogen-bond acceptors (Lipinski definition) is 0. The molecular weight excluding hydrogens is 287 g/mol. The third-order valence-corrected chi connectivity index (χ3v) is 15.6. The van der Waals surface area contributed by atoms with E-state index in [1.807, 2.05) is 9.09 Å². The minimum absolute atomic E-state index is 0.687. The van der Waals surface area contributed by atoms with Crippen LogP contribution in [0, 0.1) is 0 Å². The average molecular weight is 313 g/mol. The van der Waals surface area contributed by atoms with Gasteiger partial charge in [0.15, 0.2) is 0 Å². The first-order valence-corrected chi connectivity index (χ1v) is 12.2. The van der Waals surface area contributed by atoms with Gasteiger partial charge in [-0.15, -0.1) is 0 Å². The molecule has 0 atom stereocenters. The quantitative estimate of drug-likeness (QED) is 0.667. The van der Waals surface area contributed by atoms with Crippen molar-refractivity contribution in [1.29, 1.82) is 0 Å². The van der Waals surface area contributed by atoms with Crippen LogP contribution < -0.4 is 0 Å². The Balaban J connectivity index is 3.35. The molecule has 15 heavy (non-hydrogen) atoms. The van der Waals surface area contributed by atoms with E-state index < -0.39 is 19.3 Å². The van der Waals surface area contributed by atoms with Gasteiger partial charge in [0.25, 0.3) is 0 Å². The molecule has 0 spiro atoms. The van der Waals surface area contributed by atoms with Gasteiger partial charge in [0, 0.05) is 0 Å². The van der Waals surface area contributed by atoms with Crippen molar-refractivity contribution in [1.82, 2.24) is 0 Å². The second kappa shape index (κ2) is 5.16. The summed E-state index contributed by atoms with van der Waals surface area (Å²) in [5.74, 6) is 0. The molecular formula is C14H26Sn. The van der Waals surface area contributed by atoms with E-state index in [1.165, 1.54) is 25.7 Å². The van der Waals surface area contributed by atoms with Gasteiger partial charge in [-0.2, -0.15) is 0 Å². The SMILES string of the molecule is CCC1=C(CC)[C](CC)(CC)[Sn]([CH3])=[C]1C. The number of rotatable bonds is 4. The summed E-state index contributed by atoms with van der Waals surface area (Å²) in [6, 6.07) is 0. The molecule has 0 nitrogen and oxygen atoms in total. The maximum atomic E-state index is 2.63. The van der Waals surface area contributed by atoms with Crippen LogP contribution in [-0.4, -0.2) is 22.8 Å². The first-order valence-electron chi connectivity index (χ1n) is 6.49. The van der Waals surface area contributed by atoms with Gasteiger partial charge in [-0.1, -0.05) is 0 Å². The molecule has 0 amide bonds. The fourth-order valence-corrected chi connectivity index (χ4v) is 13.1. The summed E-state index contributed by atoms with van der Waals surface area (Å²) >= 11 is -1.31. The van der Waals surface area contributed by atoms with E-state index in [2.05, 4.69) is 39.6 Å². The van der Waals surface area contributed by atoms with E-state index in [4.69, 9.17) is 0 Å². The molecule has 0 saturated carbocycles. The van der Waals surface area contributed by atoms with Crippen molar-refractivity contribution in [3.63, 3.8) is 0 Å². The Morgan fingerprint density at radius 1 is 1.00 bits per heavy atom. The zero-order valence-corrected chi connectivity index (χ0v) is 14.2. The van der Waals surface area contributed by atoms with Crippen LogP contribution in [0.1, 0.15) is 60.3 Å². The second-order valence-corrected chi connectivity index (χ2v) is 13.1. The molecule has 0 unspecified atom stereocenters. The number of allylic oxidation sites excluding steroid dienone is 2. The van der Waals surface area contributed by atoms with E-state index >= 15 is 0 Å². The first-order chi connectivity index (χ1) is 7.08. The molecule has 0 aromatic rings. The second-order valence-electron chi connectivity index (χ2n) is 4.70. The van der Waals surface area contributed by atoms with E-state index in [-0.39, 0.29) is 0 Å². The van der Waals surface area contributed by atoms with E-state index in [0.717, 1.165) is 0 Å². The standard InChI is InChI=1S/C13H23.CH3.Sn/c1-6-11(7-2)13(10-5)12(8-3)9-4;;/h6-8,10H2,1-5H3;1H3;. The van der Waals surface area contributed by atoms with Crippen molar-refractivity contribution < 1.29 is 0 Å². The summed E-state index contributed by atoms with van der Waals surface area (Å²) in [6.07, 6.45) is 5.34. The summed E-state index contributed by atoms with van der Waals surface area (Å²) in [4.78, 5) is 2.63. The van der Waals surface area contributed by atoms with Crippen LogP contribution in [0.4, 0.5) is 0 Å². The molecule has 1 heterocycles. The summed E-state index contributed by atoms with van der Waals surface area (Å²) in [6.45, 7) is 12.0. The third-order valence-electron chi connectivity index (χ3n) is 4.59. The zero-order chi connectivity index (χ0) is 11.6. The van der Waals surface area contributed by atoms with Gasteiger partial charge in [0.2, 0.25) is 0 Å². The predicted octanol–water partition coefficient (Wildman–Crippen LogP) is 4.58. The van der Waals surface area contributed by atoms with Crippen LogP contribution >= 0.6 is 0 Å². The Hall–Kier alpha value is 0.409. The summed E-state index contributed by atoms with van der Waals surface area (Å²) in [7, 11) is 0. The van der Waals surface area contributed by atoms with Gasteiger partial charge in [0.05, 0.1) is 0 Å². The molecule has 0 bridgehead atoms. The van der Waals surface area contributed by atoms with E-state index in [0.29, 0.717) is 3.43 Å². The fourth-order valence-electron chi connectivity index (χ4n) is 3.56. The average Bonchev–Trinajstić information content (AvgIpc) is 2.48. The topological polar surface area (TPSA) is 0 Å². The molecule has 1 aliphatic rings. The third kappa shape index (κ3) is 1.87. The summed E-state index contributed by atoms with van der Waals surface area (Å²) < 4.78 is 2.55. The van der Waals surface area contributed by atoms with Gasteiger partial charge < -0.3 is 0 Å². The van der Waals surface area contributed by atoms with Crippen LogP contribution in [0.3, 0.4) is 0 Å². The Kier molecular flexibility index (Phi) is 4.63. The van der Waals surface area contributed by atoms with Gasteiger partial charge in [0.1, 0.15) is 0 Å². The maximum absolute atomic E-state index is 2.63. The van der Waals surface area contributed by atoms with Gasteiger partial charge in [-0.3, -0.25) is 0 Å². The van der Waals surface area contributed by atoms with Crippen LogP contribution in [0.2, 0.25) is 8.37 Å². The van der Waals surface area contributed by atoms with E-state index in [1.54, 1.807) is 5.57 Å². The number of hydrogen-bond donors (Lipinski definition) is 0. The molecule has 0 radical (unpaired) electrons. The van der Waals surface area contributed by atoms with Crippen molar-refractivity contribution in [2.75, 3.05) is 0 Å². The molecule has 0 saturated heterocycles. The fraction of sp³-hybridized carbons (Fsp3) is 0.786. The molecule has 0 aliphatic carbocycles. The van der Waals surface area contributed by atoms with Crippen LogP contribution in [-0.2, 0) is 0 Å². The molecule has 1 rings (SSSR count). The van der Waals surface area contributed by atoms with Crippen LogP contribution in [0.5, 0.6) is 0 Å². The van der Waals surface area contributed by atoms with Crippen molar-refractivity contribution in [3.05, 3.63) is 11.1 Å². The van der Waals surface area contributed by atoms with Crippen molar-refractivity contribution in [2.24, 2.45) is 0 Å². The van der Waals surface area contributed by atoms with Crippen molar-refractivity contribution in [2.45, 2.75) is 68.7 Å². The monoisotopic (exact) mass is 314 g/mol. The molecule has 0 aromatic heterocycles. The summed E-state index contributed by atoms with van der Waals surface area (Å²) in [5.41, 5.74) is 3.63. The van der Waals surface area contributed by atoms with E-state index in [9.17, 15) is 0 Å². The molecule has 0 fully saturated rings. The molecule has 86 valence electrons. The predicted molar refractivity (Wildman–Crippen MR) is 73.2 cm³/mol. The summed E-state index contributed by atoms with van der Waals surface area (Å²) in [5, 5.41) is 0. The molecule has 1 heteroatoms. The van der Waals surface area contributed by atoms with Crippen LogP contribution in [0.15, 0.2) is 11.1 Å². The van der Waals surface area contributed by atoms with Gasteiger partial charge >= 0.3 is 103 Å². The molecule has 0 aromatic carbocycles. The molecule has 1 aliphatic heterocycles. The van der Waals surface area contributed by atoms with Gasteiger partial charge in [-0.05, 0) is 0 Å². The zero-order valence-electron chi connectivity index (χ0n) is 11.3. The molecule has 0 N–H and O–H groups in total. The van der Waals surface area contributed by atoms with Gasteiger partial charge in [-0.25, -0.2) is 0 Å². The normalized spacial score (nSPS) is 20.4. The Labute approximate surface area is 102 Å². The first kappa shape index (κ1) is 13.5. The van der Waals surface area contributed by atoms with Crippen molar-refractivity contribution >= 4 is 22.8 Å².